The molecule has 2 aromatic rings. The van der Waals surface area contributed by atoms with Crippen LogP contribution in [0, 0.1) is 5.92 Å². The summed E-state index contributed by atoms with van der Waals surface area (Å²) in [6.07, 6.45) is 1.70. The van der Waals surface area contributed by atoms with Gasteiger partial charge in [-0.15, -0.1) is 0 Å². The van der Waals surface area contributed by atoms with E-state index in [1.54, 1.807) is 12.3 Å². The zero-order valence-electron chi connectivity index (χ0n) is 10.5. The van der Waals surface area contributed by atoms with Crippen molar-refractivity contribution in [3.05, 3.63) is 23.4 Å². The van der Waals surface area contributed by atoms with E-state index in [1.807, 2.05) is 0 Å². The van der Waals surface area contributed by atoms with Crippen LogP contribution in [0.1, 0.15) is 17.5 Å². The van der Waals surface area contributed by atoms with Crippen molar-refractivity contribution in [3.63, 3.8) is 0 Å². The van der Waals surface area contributed by atoms with Gasteiger partial charge in [-0.2, -0.15) is 5.10 Å². The topological polar surface area (TPSA) is 92.3 Å². The molecule has 2 heterocycles. The maximum atomic E-state index is 11.8. The maximum Gasteiger partial charge on any atom is 0.310 e. The van der Waals surface area contributed by atoms with E-state index in [2.05, 4.69) is 10.2 Å². The number of cyclic esters (lactones) is 1. The fourth-order valence-electron chi connectivity index (χ4n) is 2.58. The molecule has 0 saturated heterocycles. The standard InChI is InChI=1S/C13H11BN2O4/c14-10-2-6-1-7(3-11(17)18)13(19)20-5-9(6)8-4-15-16-12(8)10/h2,4,7H,1,3,5H2,(H,15,16)(H,17,18)/t7-/m0/s1. The second kappa shape index (κ2) is 4.66. The van der Waals surface area contributed by atoms with Crippen molar-refractivity contribution in [2.75, 3.05) is 0 Å². The first-order valence-corrected chi connectivity index (χ1v) is 6.18. The minimum atomic E-state index is -1.02. The van der Waals surface area contributed by atoms with Crippen molar-refractivity contribution in [3.8, 4) is 0 Å². The number of nitrogens with one attached hydrogen (secondary N) is 1. The van der Waals surface area contributed by atoms with E-state index in [-0.39, 0.29) is 13.0 Å². The van der Waals surface area contributed by atoms with Crippen LogP contribution in [0.2, 0.25) is 0 Å². The van der Waals surface area contributed by atoms with E-state index in [0.717, 1.165) is 16.5 Å². The SMILES string of the molecule is [B]c1cc2c(c3cn[nH]c13)COC(=O)[C@H](CC(=O)O)C2. The average Bonchev–Trinajstić information content (AvgIpc) is 2.81. The third-order valence-electron chi connectivity index (χ3n) is 3.55. The van der Waals surface area contributed by atoms with E-state index in [9.17, 15) is 9.59 Å². The summed E-state index contributed by atoms with van der Waals surface area (Å²) < 4.78 is 5.18. The second-order valence-corrected chi connectivity index (χ2v) is 4.87. The van der Waals surface area contributed by atoms with Crippen LogP contribution in [0.5, 0.6) is 0 Å². The summed E-state index contributed by atoms with van der Waals surface area (Å²) >= 11 is 0. The summed E-state index contributed by atoms with van der Waals surface area (Å²) in [6.45, 7) is 0.112. The molecule has 0 unspecified atom stereocenters. The molecule has 1 aliphatic rings. The van der Waals surface area contributed by atoms with Crippen LogP contribution < -0.4 is 5.46 Å². The highest BCUT2D eigenvalue weighted by Gasteiger charge is 2.29. The third-order valence-corrected chi connectivity index (χ3v) is 3.55. The summed E-state index contributed by atoms with van der Waals surface area (Å²) in [5.74, 6) is -2.19. The number of aromatic nitrogens is 2. The zero-order valence-corrected chi connectivity index (χ0v) is 10.5. The molecule has 0 bridgehead atoms. The van der Waals surface area contributed by atoms with Crippen LogP contribution in [-0.2, 0) is 27.4 Å². The number of carbonyl (C=O) groups is 2. The number of fused-ring (bicyclic) bond motifs is 3. The molecule has 1 atom stereocenters. The van der Waals surface area contributed by atoms with E-state index >= 15 is 0 Å². The molecule has 0 fully saturated rings. The second-order valence-electron chi connectivity index (χ2n) is 4.87. The average molecular weight is 270 g/mol. The predicted molar refractivity (Wildman–Crippen MR) is 70.7 cm³/mol. The molecule has 0 spiro atoms. The van der Waals surface area contributed by atoms with Gasteiger partial charge in [0.05, 0.1) is 24.1 Å². The van der Waals surface area contributed by atoms with Crippen molar-refractivity contribution >= 4 is 36.2 Å². The largest absolute Gasteiger partial charge is 0.481 e. The number of rotatable bonds is 2. The number of ether oxygens (including phenoxy) is 1. The number of carboxylic acids is 1. The van der Waals surface area contributed by atoms with Crippen LogP contribution in [0.15, 0.2) is 12.3 Å². The first kappa shape index (κ1) is 12.7. The Morgan fingerprint density at radius 3 is 3.15 bits per heavy atom. The Morgan fingerprint density at radius 2 is 2.40 bits per heavy atom. The molecule has 0 amide bonds. The normalized spacial score (nSPS) is 18.4. The molecule has 2 radical (unpaired) electrons. The number of aromatic amines is 1. The van der Waals surface area contributed by atoms with E-state index in [4.69, 9.17) is 17.7 Å². The molecule has 0 aliphatic carbocycles. The van der Waals surface area contributed by atoms with Crippen molar-refractivity contribution in [2.24, 2.45) is 5.92 Å². The first-order chi connectivity index (χ1) is 9.56. The predicted octanol–water partition coefficient (Wildman–Crippen LogP) is 0.0469. The minimum Gasteiger partial charge on any atom is -0.481 e. The molecular formula is C13H11BN2O4. The lowest BCUT2D eigenvalue weighted by Gasteiger charge is -2.10. The van der Waals surface area contributed by atoms with Gasteiger partial charge in [0.2, 0.25) is 0 Å². The number of H-pyrrole nitrogens is 1. The van der Waals surface area contributed by atoms with Crippen molar-refractivity contribution in [2.45, 2.75) is 19.4 Å². The molecule has 0 saturated carbocycles. The lowest BCUT2D eigenvalue weighted by Crippen LogP contribution is -2.21. The number of aliphatic carboxylic acids is 1. The fraction of sp³-hybridized carbons (Fsp3) is 0.308. The quantitative estimate of drug-likeness (QED) is 0.594. The number of nitrogens with zero attached hydrogens (tertiary/aromatic N) is 1. The van der Waals surface area contributed by atoms with Gasteiger partial charge in [-0.05, 0) is 12.0 Å². The monoisotopic (exact) mass is 270 g/mol. The molecule has 3 rings (SSSR count). The van der Waals surface area contributed by atoms with E-state index in [1.165, 1.54) is 0 Å². The van der Waals surface area contributed by atoms with Gasteiger partial charge >= 0.3 is 11.9 Å². The molecule has 2 N–H and O–H groups in total. The molecule has 1 aromatic heterocycles. The highest BCUT2D eigenvalue weighted by Crippen LogP contribution is 2.27. The summed E-state index contributed by atoms with van der Waals surface area (Å²) in [6, 6.07) is 1.76. The molecule has 6 nitrogen and oxygen atoms in total. The Bertz CT molecular complexity index is 710. The highest BCUT2D eigenvalue weighted by molar-refractivity contribution is 6.38. The Hall–Kier alpha value is -2.31. The summed E-state index contributed by atoms with van der Waals surface area (Å²) in [5, 5.41) is 16.4. The molecule has 20 heavy (non-hydrogen) atoms. The lowest BCUT2D eigenvalue weighted by molar-refractivity contribution is -0.153. The Kier molecular flexibility index (Phi) is 2.96. The van der Waals surface area contributed by atoms with Gasteiger partial charge in [0.15, 0.2) is 0 Å². The Labute approximate surface area is 115 Å². The zero-order chi connectivity index (χ0) is 14.3. The number of carboxylic acid groups (broad SMARTS) is 1. The summed E-state index contributed by atoms with van der Waals surface area (Å²) in [5.41, 5.74) is 2.91. The number of esters is 1. The van der Waals surface area contributed by atoms with Gasteiger partial charge < -0.3 is 9.84 Å². The summed E-state index contributed by atoms with van der Waals surface area (Å²) in [7, 11) is 5.94. The van der Waals surface area contributed by atoms with Gasteiger partial charge in [0.1, 0.15) is 14.5 Å². The summed E-state index contributed by atoms with van der Waals surface area (Å²) in [4.78, 5) is 22.7. The van der Waals surface area contributed by atoms with E-state index < -0.39 is 17.9 Å². The molecule has 1 aromatic carbocycles. The smallest absolute Gasteiger partial charge is 0.310 e. The van der Waals surface area contributed by atoms with Crippen LogP contribution >= 0.6 is 0 Å². The Morgan fingerprint density at radius 1 is 1.60 bits per heavy atom. The third kappa shape index (κ3) is 2.05. The maximum absolute atomic E-state index is 11.8. The molecule has 1 aliphatic heterocycles. The van der Waals surface area contributed by atoms with Gasteiger partial charge in [-0.1, -0.05) is 11.5 Å². The van der Waals surface area contributed by atoms with Crippen LogP contribution in [0.4, 0.5) is 0 Å². The van der Waals surface area contributed by atoms with E-state index in [0.29, 0.717) is 17.4 Å². The van der Waals surface area contributed by atoms with Gasteiger partial charge in [0.25, 0.3) is 0 Å². The number of hydrogen-bond donors (Lipinski definition) is 2. The Balaban J connectivity index is 2.08. The van der Waals surface area contributed by atoms with Crippen LogP contribution in [0.3, 0.4) is 0 Å². The molecule has 100 valence electrons. The van der Waals surface area contributed by atoms with Crippen molar-refractivity contribution in [1.29, 1.82) is 0 Å². The minimum absolute atomic E-state index is 0.112. The van der Waals surface area contributed by atoms with Crippen molar-refractivity contribution in [1.82, 2.24) is 10.2 Å². The van der Waals surface area contributed by atoms with Crippen LogP contribution in [-0.4, -0.2) is 35.1 Å². The van der Waals surface area contributed by atoms with Gasteiger partial charge in [0, 0.05) is 10.9 Å². The first-order valence-electron chi connectivity index (χ1n) is 6.18. The number of carbonyl (C=O) groups excluding carboxylic acids is 1. The van der Waals surface area contributed by atoms with Gasteiger partial charge in [-0.25, -0.2) is 0 Å². The van der Waals surface area contributed by atoms with Crippen LogP contribution in [0.25, 0.3) is 10.9 Å². The van der Waals surface area contributed by atoms with Crippen molar-refractivity contribution < 1.29 is 19.4 Å². The molecule has 7 heteroatoms. The van der Waals surface area contributed by atoms with Gasteiger partial charge in [-0.3, -0.25) is 14.7 Å². The highest BCUT2D eigenvalue weighted by atomic mass is 16.5. The number of hydrogen-bond acceptors (Lipinski definition) is 4. The fourth-order valence-corrected chi connectivity index (χ4v) is 2.58. The lowest BCUT2D eigenvalue weighted by atomic mass is 9.86. The number of benzene rings is 1. The molecular weight excluding hydrogens is 259 g/mol.